The smallest absolute Gasteiger partial charge is 0.290 e. The minimum Gasteiger partial charge on any atom is -0.497 e. The van der Waals surface area contributed by atoms with Crippen molar-refractivity contribution in [1.82, 2.24) is 4.90 Å². The second-order valence-electron chi connectivity index (χ2n) is 7.46. The zero-order valence-corrected chi connectivity index (χ0v) is 22.4. The van der Waals surface area contributed by atoms with Gasteiger partial charge >= 0.3 is 0 Å². The van der Waals surface area contributed by atoms with Gasteiger partial charge in [0.2, 0.25) is 13.9 Å². The number of nitrogens with zero attached hydrogens (tertiary/aromatic N) is 1. The van der Waals surface area contributed by atoms with E-state index in [1.165, 1.54) is 31.4 Å². The second kappa shape index (κ2) is 11.6. The third kappa shape index (κ3) is 5.62. The number of benzene rings is 2. The van der Waals surface area contributed by atoms with Gasteiger partial charge in [0.1, 0.15) is 5.75 Å². The molecule has 0 radical (unpaired) electrons. The molecule has 0 saturated carbocycles. The SMILES string of the molecule is COc1ccc(S(=O)(=O)C2(CCCC#Cc3ccc(Cl)cc3)SC(=O)N(CCCBr)C2=O)cc1. The number of methoxy groups -OCH3 is 1. The average Bonchev–Trinajstić information content (AvgIpc) is 3.08. The van der Waals surface area contributed by atoms with E-state index >= 15 is 0 Å². The van der Waals surface area contributed by atoms with Crippen molar-refractivity contribution >= 4 is 60.3 Å². The lowest BCUT2D eigenvalue weighted by Gasteiger charge is -2.25. The highest BCUT2D eigenvalue weighted by Gasteiger charge is 2.61. The van der Waals surface area contributed by atoms with E-state index in [0.717, 1.165) is 10.5 Å². The first-order valence-corrected chi connectivity index (χ1v) is 14.3. The number of rotatable bonds is 9. The van der Waals surface area contributed by atoms with E-state index in [2.05, 4.69) is 27.8 Å². The number of amides is 2. The van der Waals surface area contributed by atoms with E-state index in [9.17, 15) is 18.0 Å². The fourth-order valence-electron chi connectivity index (χ4n) is 3.45. The Morgan fingerprint density at radius 2 is 1.76 bits per heavy atom. The number of alkyl halides is 1. The lowest BCUT2D eigenvalue weighted by molar-refractivity contribution is -0.127. The van der Waals surface area contributed by atoms with Gasteiger partial charge in [0, 0.05) is 28.9 Å². The Morgan fingerprint density at radius 1 is 1.09 bits per heavy atom. The topological polar surface area (TPSA) is 80.8 Å². The first kappa shape index (κ1) is 26.6. The van der Waals surface area contributed by atoms with Gasteiger partial charge in [-0.3, -0.25) is 14.5 Å². The van der Waals surface area contributed by atoms with Crippen LogP contribution in [0.15, 0.2) is 53.4 Å². The summed E-state index contributed by atoms with van der Waals surface area (Å²) in [5.41, 5.74) is 0.785. The molecule has 0 spiro atoms. The van der Waals surface area contributed by atoms with Crippen LogP contribution in [0.2, 0.25) is 5.02 Å². The Labute approximate surface area is 217 Å². The fraction of sp³-hybridized carbons (Fsp3) is 0.333. The number of hydrogen-bond donors (Lipinski definition) is 0. The third-order valence-electron chi connectivity index (χ3n) is 5.25. The number of carbonyl (C=O) groups is 2. The number of halogens is 2. The summed E-state index contributed by atoms with van der Waals surface area (Å²) in [6, 6.07) is 12.9. The molecule has 1 atom stereocenters. The number of sulfone groups is 1. The molecule has 2 aromatic rings. The normalized spacial score (nSPS) is 18.0. The van der Waals surface area contributed by atoms with Gasteiger partial charge in [0.15, 0.2) is 0 Å². The monoisotopic (exact) mass is 583 g/mol. The summed E-state index contributed by atoms with van der Waals surface area (Å²) in [7, 11) is -2.71. The van der Waals surface area contributed by atoms with Gasteiger partial charge < -0.3 is 4.74 Å². The minimum absolute atomic E-state index is 0.0310. The van der Waals surface area contributed by atoms with Gasteiger partial charge in [-0.15, -0.1) is 0 Å². The lowest BCUT2D eigenvalue weighted by atomic mass is 10.1. The van der Waals surface area contributed by atoms with E-state index in [1.54, 1.807) is 24.3 Å². The van der Waals surface area contributed by atoms with Crippen LogP contribution in [-0.2, 0) is 14.6 Å². The summed E-state index contributed by atoms with van der Waals surface area (Å²) in [6.07, 6.45) is 1.19. The molecule has 3 rings (SSSR count). The molecule has 0 bridgehead atoms. The molecular formula is C24H23BrClNO5S2. The summed E-state index contributed by atoms with van der Waals surface area (Å²) < 4.78 is 30.6. The Bertz CT molecular complexity index is 1210. The van der Waals surface area contributed by atoms with E-state index in [0.29, 0.717) is 47.1 Å². The molecule has 0 aliphatic carbocycles. The van der Waals surface area contributed by atoms with Crippen LogP contribution in [0.25, 0.3) is 0 Å². The number of thioether (sulfide) groups is 1. The van der Waals surface area contributed by atoms with Crippen molar-refractivity contribution in [3.05, 3.63) is 59.1 Å². The standard InChI is InChI=1S/C24H23BrClNO5S2/c1-32-20-11-13-21(14-12-20)34(30,31)24(22(28)27(17-5-16-25)23(29)33-24)15-4-2-3-6-18-7-9-19(26)10-8-18/h7-14H,2,4-5,15-17H2,1H3. The first-order chi connectivity index (χ1) is 16.2. The molecule has 1 heterocycles. The maximum absolute atomic E-state index is 13.7. The van der Waals surface area contributed by atoms with Crippen molar-refractivity contribution in [1.29, 1.82) is 0 Å². The van der Waals surface area contributed by atoms with Crippen LogP contribution in [0.5, 0.6) is 5.75 Å². The molecule has 34 heavy (non-hydrogen) atoms. The summed E-state index contributed by atoms with van der Waals surface area (Å²) in [5.74, 6) is 5.82. The maximum atomic E-state index is 13.7. The van der Waals surface area contributed by atoms with Gasteiger partial charge in [-0.25, -0.2) is 8.42 Å². The van der Waals surface area contributed by atoms with E-state index < -0.39 is 25.1 Å². The molecular weight excluding hydrogens is 562 g/mol. The van der Waals surface area contributed by atoms with E-state index in [1.807, 2.05) is 0 Å². The molecule has 0 aromatic heterocycles. The van der Waals surface area contributed by atoms with Gasteiger partial charge in [-0.05, 0) is 79.6 Å². The molecule has 180 valence electrons. The zero-order valence-electron chi connectivity index (χ0n) is 18.4. The molecule has 1 unspecified atom stereocenters. The first-order valence-electron chi connectivity index (χ1n) is 10.5. The Balaban J connectivity index is 1.87. The zero-order chi connectivity index (χ0) is 24.8. The Hall–Kier alpha value is -1.99. The highest BCUT2D eigenvalue weighted by Crippen LogP contribution is 2.48. The summed E-state index contributed by atoms with van der Waals surface area (Å²) in [4.78, 5) is 27.2. The predicted octanol–water partition coefficient (Wildman–Crippen LogP) is 5.52. The molecule has 6 nitrogen and oxygen atoms in total. The summed E-state index contributed by atoms with van der Waals surface area (Å²) in [5, 5.41) is 0.658. The lowest BCUT2D eigenvalue weighted by Crippen LogP contribution is -2.45. The molecule has 10 heteroatoms. The highest BCUT2D eigenvalue weighted by molar-refractivity contribution is 9.09. The van der Waals surface area contributed by atoms with Crippen molar-refractivity contribution < 1.29 is 22.7 Å². The molecule has 2 aromatic carbocycles. The van der Waals surface area contributed by atoms with Crippen molar-refractivity contribution in [2.24, 2.45) is 0 Å². The summed E-state index contributed by atoms with van der Waals surface area (Å²) in [6.45, 7) is 0.159. The molecule has 1 aliphatic heterocycles. The average molecular weight is 585 g/mol. The Kier molecular flexibility index (Phi) is 9.10. The van der Waals surface area contributed by atoms with Crippen LogP contribution in [-0.4, -0.2) is 47.5 Å². The highest BCUT2D eigenvalue weighted by atomic mass is 79.9. The van der Waals surface area contributed by atoms with Crippen LogP contribution in [0.1, 0.15) is 31.2 Å². The van der Waals surface area contributed by atoms with Gasteiger partial charge in [0.05, 0.1) is 12.0 Å². The van der Waals surface area contributed by atoms with Crippen molar-refractivity contribution in [3.63, 3.8) is 0 Å². The molecule has 2 amide bonds. The van der Waals surface area contributed by atoms with E-state index in [4.69, 9.17) is 16.3 Å². The van der Waals surface area contributed by atoms with Crippen molar-refractivity contribution in [2.75, 3.05) is 19.0 Å². The molecule has 0 N–H and O–H groups in total. The van der Waals surface area contributed by atoms with Crippen LogP contribution in [0, 0.1) is 11.8 Å². The van der Waals surface area contributed by atoms with Crippen LogP contribution in [0.4, 0.5) is 4.79 Å². The molecule has 1 fully saturated rings. The summed E-state index contributed by atoms with van der Waals surface area (Å²) >= 11 is 9.76. The minimum atomic E-state index is -4.19. The van der Waals surface area contributed by atoms with Gasteiger partial charge in [0.25, 0.3) is 11.1 Å². The van der Waals surface area contributed by atoms with Crippen molar-refractivity contribution in [3.8, 4) is 17.6 Å². The number of ether oxygens (including phenoxy) is 1. The fourth-order valence-corrected chi connectivity index (χ4v) is 7.41. The largest absolute Gasteiger partial charge is 0.497 e. The Morgan fingerprint density at radius 3 is 2.38 bits per heavy atom. The number of unbranched alkanes of at least 4 members (excludes halogenated alkanes) is 1. The molecule has 1 aliphatic rings. The number of hydrogen-bond acceptors (Lipinski definition) is 6. The van der Waals surface area contributed by atoms with Crippen LogP contribution >= 0.6 is 39.3 Å². The van der Waals surface area contributed by atoms with Crippen LogP contribution in [0.3, 0.4) is 0 Å². The number of imide groups is 1. The van der Waals surface area contributed by atoms with Crippen molar-refractivity contribution in [2.45, 2.75) is 34.7 Å². The third-order valence-corrected chi connectivity index (χ3v) is 10.2. The second-order valence-corrected chi connectivity index (χ2v) is 12.4. The quantitative estimate of drug-likeness (QED) is 0.219. The van der Waals surface area contributed by atoms with Crippen LogP contribution < -0.4 is 4.74 Å². The van der Waals surface area contributed by atoms with Gasteiger partial charge in [-0.2, -0.15) is 0 Å². The predicted molar refractivity (Wildman–Crippen MR) is 138 cm³/mol. The van der Waals surface area contributed by atoms with Gasteiger partial charge in [-0.1, -0.05) is 39.4 Å². The maximum Gasteiger partial charge on any atom is 0.290 e. The molecule has 1 saturated heterocycles. The number of carbonyl (C=O) groups excluding carboxylic acids is 2. The van der Waals surface area contributed by atoms with E-state index in [-0.39, 0.29) is 17.9 Å².